The summed E-state index contributed by atoms with van der Waals surface area (Å²) in [4.78, 5) is 6.20. The number of hydrogen-bond acceptors (Lipinski definition) is 1. The number of H-pyrrole nitrogens is 2. The molecule has 0 fully saturated rings. The zero-order valence-electron chi connectivity index (χ0n) is 8.59. The Kier molecular flexibility index (Phi) is 2.37. The van der Waals surface area contributed by atoms with Crippen molar-refractivity contribution in [2.45, 2.75) is 18.8 Å². The first-order valence-electron chi connectivity index (χ1n) is 5.28. The van der Waals surface area contributed by atoms with E-state index >= 15 is 0 Å². The Bertz CT molecular complexity index is 585. The normalized spacial score (nSPS) is 18.7. The van der Waals surface area contributed by atoms with Crippen LogP contribution in [0.1, 0.15) is 22.7 Å². The number of aromatic nitrogens is 2. The first-order valence-corrected chi connectivity index (χ1v) is 6.06. The quantitative estimate of drug-likeness (QED) is 0.745. The summed E-state index contributed by atoms with van der Waals surface area (Å²) < 4.78 is 0.692. The Hall–Kier alpha value is -1.06. The molecule has 2 nitrogen and oxygen atoms in total. The van der Waals surface area contributed by atoms with E-state index in [0.717, 1.165) is 17.9 Å². The van der Waals surface area contributed by atoms with Crippen molar-refractivity contribution < 1.29 is 0 Å². The van der Waals surface area contributed by atoms with Gasteiger partial charge in [-0.2, -0.15) is 0 Å². The first kappa shape index (κ1) is 10.1. The molecule has 3 rings (SSSR count). The van der Waals surface area contributed by atoms with Crippen LogP contribution in [0.3, 0.4) is 0 Å². The average molecular weight is 251 g/mol. The third-order valence-corrected chi connectivity index (χ3v) is 3.76. The predicted octanol–water partition coefficient (Wildman–Crippen LogP) is 3.61. The molecule has 1 aliphatic carbocycles. The lowest BCUT2D eigenvalue weighted by Gasteiger charge is -2.04. The van der Waals surface area contributed by atoms with Gasteiger partial charge in [0.05, 0.1) is 0 Å². The molecule has 0 amide bonds. The molecule has 0 bridgehead atoms. The van der Waals surface area contributed by atoms with E-state index in [2.05, 4.69) is 16.0 Å². The van der Waals surface area contributed by atoms with Crippen LogP contribution in [0.25, 0.3) is 0 Å². The first-order chi connectivity index (χ1) is 7.74. The molecular weight excluding hydrogens is 240 g/mol. The average Bonchev–Trinajstić information content (AvgIpc) is 2.84. The molecule has 1 atom stereocenters. The van der Waals surface area contributed by atoms with Crippen molar-refractivity contribution >= 4 is 23.8 Å². The number of nitrogens with one attached hydrogen (secondary N) is 2. The van der Waals surface area contributed by atoms with Crippen molar-refractivity contribution in [3.63, 3.8) is 0 Å². The fraction of sp³-hybridized carbons (Fsp3) is 0.250. The summed E-state index contributed by atoms with van der Waals surface area (Å²) in [5.74, 6) is 0.475. The van der Waals surface area contributed by atoms with Crippen LogP contribution >= 0.6 is 23.8 Å². The molecule has 2 N–H and O–H groups in total. The SMILES string of the molecule is S=c1[nH]cc(C2Cc3cccc(Cl)c3C2)[nH]1. The number of halogens is 1. The molecule has 1 aromatic heterocycles. The van der Waals surface area contributed by atoms with Gasteiger partial charge in [-0.1, -0.05) is 23.7 Å². The van der Waals surface area contributed by atoms with Crippen molar-refractivity contribution in [3.8, 4) is 0 Å². The van der Waals surface area contributed by atoms with Gasteiger partial charge < -0.3 is 9.97 Å². The lowest BCUT2D eigenvalue weighted by Crippen LogP contribution is -1.97. The molecule has 1 unspecified atom stereocenters. The molecule has 0 radical (unpaired) electrons. The molecule has 2 aromatic rings. The van der Waals surface area contributed by atoms with E-state index in [0.29, 0.717) is 10.7 Å². The molecule has 0 saturated carbocycles. The number of benzene rings is 1. The monoisotopic (exact) mass is 250 g/mol. The summed E-state index contributed by atoms with van der Waals surface area (Å²) in [6, 6.07) is 6.13. The highest BCUT2D eigenvalue weighted by atomic mass is 35.5. The standard InChI is InChI=1S/C12H11ClN2S/c13-10-3-1-2-7-4-8(5-9(7)10)11-6-14-12(16)15-11/h1-3,6,8H,4-5H2,(H2,14,15,16). The smallest absolute Gasteiger partial charge is 0.174 e. The van der Waals surface area contributed by atoms with Gasteiger partial charge in [-0.3, -0.25) is 0 Å². The Morgan fingerprint density at radius 1 is 1.31 bits per heavy atom. The lowest BCUT2D eigenvalue weighted by molar-refractivity contribution is 0.719. The van der Waals surface area contributed by atoms with Gasteiger partial charge in [0.2, 0.25) is 0 Å². The van der Waals surface area contributed by atoms with Gasteiger partial charge in [0.15, 0.2) is 4.77 Å². The number of aromatic amines is 2. The number of fused-ring (bicyclic) bond motifs is 1. The highest BCUT2D eigenvalue weighted by Gasteiger charge is 2.25. The summed E-state index contributed by atoms with van der Waals surface area (Å²) in [6.45, 7) is 0. The molecule has 82 valence electrons. The highest BCUT2D eigenvalue weighted by Crippen LogP contribution is 2.36. The van der Waals surface area contributed by atoms with Crippen LogP contribution in [0, 0.1) is 4.77 Å². The van der Waals surface area contributed by atoms with E-state index in [1.807, 2.05) is 18.3 Å². The maximum Gasteiger partial charge on any atom is 0.174 e. The maximum absolute atomic E-state index is 6.19. The molecule has 1 aromatic carbocycles. The third-order valence-electron chi connectivity index (χ3n) is 3.19. The molecule has 16 heavy (non-hydrogen) atoms. The summed E-state index contributed by atoms with van der Waals surface area (Å²) in [5.41, 5.74) is 3.82. The lowest BCUT2D eigenvalue weighted by atomic mass is 10.0. The van der Waals surface area contributed by atoms with E-state index in [1.165, 1.54) is 16.8 Å². The largest absolute Gasteiger partial charge is 0.337 e. The van der Waals surface area contributed by atoms with Crippen LogP contribution in [0.5, 0.6) is 0 Å². The number of rotatable bonds is 1. The van der Waals surface area contributed by atoms with Crippen LogP contribution in [0.2, 0.25) is 5.02 Å². The summed E-state index contributed by atoms with van der Waals surface area (Å²) in [7, 11) is 0. The Morgan fingerprint density at radius 2 is 2.19 bits per heavy atom. The third kappa shape index (κ3) is 1.60. The molecule has 0 aliphatic heterocycles. The molecule has 4 heteroatoms. The minimum atomic E-state index is 0.475. The highest BCUT2D eigenvalue weighted by molar-refractivity contribution is 7.71. The Morgan fingerprint density at radius 3 is 2.88 bits per heavy atom. The Labute approximate surface area is 104 Å². The second-order valence-corrected chi connectivity index (χ2v) is 5.00. The zero-order valence-corrected chi connectivity index (χ0v) is 10.2. The molecular formula is C12H11ClN2S. The van der Waals surface area contributed by atoms with Crippen molar-refractivity contribution in [1.82, 2.24) is 9.97 Å². The molecule has 0 saturated heterocycles. The summed E-state index contributed by atoms with van der Waals surface area (Å²) >= 11 is 11.2. The van der Waals surface area contributed by atoms with E-state index in [1.54, 1.807) is 0 Å². The van der Waals surface area contributed by atoms with Gasteiger partial charge in [-0.15, -0.1) is 0 Å². The second kappa shape index (κ2) is 3.75. The van der Waals surface area contributed by atoms with E-state index in [-0.39, 0.29) is 0 Å². The minimum absolute atomic E-state index is 0.475. The van der Waals surface area contributed by atoms with Gasteiger partial charge in [0, 0.05) is 22.8 Å². The fourth-order valence-electron chi connectivity index (χ4n) is 2.39. The van der Waals surface area contributed by atoms with Crippen LogP contribution < -0.4 is 0 Å². The van der Waals surface area contributed by atoms with Gasteiger partial charge in [-0.25, -0.2) is 0 Å². The minimum Gasteiger partial charge on any atom is -0.337 e. The summed E-state index contributed by atoms with van der Waals surface area (Å²) in [5, 5.41) is 0.883. The van der Waals surface area contributed by atoms with Crippen LogP contribution in [-0.2, 0) is 12.8 Å². The zero-order chi connectivity index (χ0) is 11.1. The van der Waals surface area contributed by atoms with Crippen LogP contribution in [-0.4, -0.2) is 9.97 Å². The second-order valence-electron chi connectivity index (χ2n) is 4.18. The predicted molar refractivity (Wildman–Crippen MR) is 67.6 cm³/mol. The van der Waals surface area contributed by atoms with Crippen LogP contribution in [0.4, 0.5) is 0 Å². The van der Waals surface area contributed by atoms with Gasteiger partial charge in [0.25, 0.3) is 0 Å². The van der Waals surface area contributed by atoms with Gasteiger partial charge in [0.1, 0.15) is 0 Å². The van der Waals surface area contributed by atoms with Crippen molar-refractivity contribution in [2.75, 3.05) is 0 Å². The van der Waals surface area contributed by atoms with E-state index in [4.69, 9.17) is 23.8 Å². The molecule has 1 aliphatic rings. The van der Waals surface area contributed by atoms with Crippen LogP contribution in [0.15, 0.2) is 24.4 Å². The van der Waals surface area contributed by atoms with Crippen molar-refractivity contribution in [2.24, 2.45) is 0 Å². The number of hydrogen-bond donors (Lipinski definition) is 2. The van der Waals surface area contributed by atoms with E-state index < -0.39 is 0 Å². The van der Waals surface area contributed by atoms with Gasteiger partial charge >= 0.3 is 0 Å². The molecule has 0 spiro atoms. The summed E-state index contributed by atoms with van der Waals surface area (Å²) in [6.07, 6.45) is 4.00. The van der Waals surface area contributed by atoms with E-state index in [9.17, 15) is 0 Å². The maximum atomic E-state index is 6.19. The van der Waals surface area contributed by atoms with Crippen molar-refractivity contribution in [3.05, 3.63) is 51.0 Å². The Balaban J connectivity index is 1.96. The molecule has 1 heterocycles. The fourth-order valence-corrected chi connectivity index (χ4v) is 2.84. The number of imidazole rings is 1. The van der Waals surface area contributed by atoms with Crippen molar-refractivity contribution in [1.29, 1.82) is 0 Å². The topological polar surface area (TPSA) is 31.6 Å². The van der Waals surface area contributed by atoms with Gasteiger partial charge in [-0.05, 0) is 42.3 Å².